The van der Waals surface area contributed by atoms with Crippen molar-refractivity contribution in [2.45, 2.75) is 0 Å². The fraction of sp³-hybridized carbons (Fsp3) is 0. The minimum absolute atomic E-state index is 0.367. The zero-order valence-corrected chi connectivity index (χ0v) is 33.9. The molecule has 0 fully saturated rings. The van der Waals surface area contributed by atoms with Gasteiger partial charge >= 0.3 is 0 Å². The molecule has 0 aliphatic rings. The molecule has 6 heteroatoms. The minimum atomic E-state index is -0.367. The summed E-state index contributed by atoms with van der Waals surface area (Å²) < 4.78 is 20.4. The van der Waals surface area contributed by atoms with Crippen LogP contribution in [0, 0.1) is 5.82 Å². The maximum atomic E-state index is 15.7. The third kappa shape index (κ3) is 6.35. The predicted molar refractivity (Wildman–Crippen MR) is 256 cm³/mol. The lowest BCUT2D eigenvalue weighted by molar-refractivity contribution is 0.628. The number of fused-ring (bicyclic) bond motifs is 6. The van der Waals surface area contributed by atoms with Crippen LogP contribution in [0.2, 0.25) is 0 Å². The Morgan fingerprint density at radius 1 is 0.270 bits per heavy atom. The minimum Gasteiger partial charge on any atom is -0.309 e. The second-order valence-electron chi connectivity index (χ2n) is 15.8. The van der Waals surface area contributed by atoms with Crippen LogP contribution in [0.3, 0.4) is 0 Å². The Hall–Kier alpha value is -8.48. The first-order valence-corrected chi connectivity index (χ1v) is 21.0. The van der Waals surface area contributed by atoms with Crippen molar-refractivity contribution < 1.29 is 4.39 Å². The molecule has 3 aromatic heterocycles. The molecule has 0 N–H and O–H groups in total. The third-order valence-electron chi connectivity index (χ3n) is 12.0. The Labute approximate surface area is 362 Å². The lowest BCUT2D eigenvalue weighted by Crippen LogP contribution is -2.00. The molecule has 0 saturated heterocycles. The van der Waals surface area contributed by atoms with Crippen LogP contribution in [0.15, 0.2) is 218 Å². The summed E-state index contributed by atoms with van der Waals surface area (Å²) in [4.78, 5) is 14.6. The molecule has 12 aromatic rings. The van der Waals surface area contributed by atoms with Gasteiger partial charge in [0, 0.05) is 49.6 Å². The number of benzene rings is 9. The van der Waals surface area contributed by atoms with Crippen LogP contribution in [-0.4, -0.2) is 24.1 Å². The summed E-state index contributed by atoms with van der Waals surface area (Å²) >= 11 is 0. The van der Waals surface area contributed by atoms with Gasteiger partial charge in [-0.05, 0) is 101 Å². The number of hydrogen-bond donors (Lipinski definition) is 0. The highest BCUT2D eigenvalue weighted by Gasteiger charge is 2.18. The van der Waals surface area contributed by atoms with Gasteiger partial charge in [0.25, 0.3) is 0 Å². The summed E-state index contributed by atoms with van der Waals surface area (Å²) in [6.07, 6.45) is 0. The van der Waals surface area contributed by atoms with Gasteiger partial charge in [0.15, 0.2) is 17.5 Å². The van der Waals surface area contributed by atoms with Gasteiger partial charge in [0.2, 0.25) is 0 Å². The van der Waals surface area contributed by atoms with Crippen molar-refractivity contribution in [3.8, 4) is 67.8 Å². The van der Waals surface area contributed by atoms with E-state index in [1.54, 1.807) is 6.07 Å². The lowest BCUT2D eigenvalue weighted by Gasteiger charge is -2.11. The smallest absolute Gasteiger partial charge is 0.164 e. The summed E-state index contributed by atoms with van der Waals surface area (Å²) in [5.74, 6) is 1.10. The van der Waals surface area contributed by atoms with Gasteiger partial charge in [-0.25, -0.2) is 19.3 Å². The number of para-hydroxylation sites is 3. The van der Waals surface area contributed by atoms with Gasteiger partial charge in [-0.3, -0.25) is 0 Å². The first-order valence-electron chi connectivity index (χ1n) is 21.0. The standard InChI is InChI=1S/C57H36FN5/c58-44-33-42(32-43(34-44)57-60-55(38-14-4-1-5-15-38)59-56(61-57)39-16-6-2-7-17-39)41-27-31-54-50(36-41)48-21-11-13-23-52(48)63(54)46-28-24-37(25-29-46)40-26-30-53-49(35-40)47-20-10-12-22-51(47)62(53)45-18-8-3-9-19-45/h1-36H. The average molecular weight is 810 g/mol. The van der Waals surface area contributed by atoms with Gasteiger partial charge in [0.1, 0.15) is 5.82 Å². The molecule has 0 aliphatic heterocycles. The largest absolute Gasteiger partial charge is 0.309 e. The fourth-order valence-corrected chi connectivity index (χ4v) is 9.06. The Kier molecular flexibility index (Phi) is 8.61. The first kappa shape index (κ1) is 36.4. The second kappa shape index (κ2) is 14.9. The summed E-state index contributed by atoms with van der Waals surface area (Å²) in [6.45, 7) is 0. The zero-order valence-electron chi connectivity index (χ0n) is 33.9. The SMILES string of the molecule is Fc1cc(-c2ccc3c(c2)c2ccccc2n3-c2ccc(-c3ccc4c(c3)c3ccccc3n4-c3ccccc3)cc2)cc(-c2nc(-c3ccccc3)nc(-c3ccccc3)n2)c1. The van der Waals surface area contributed by atoms with Crippen LogP contribution in [0.1, 0.15) is 0 Å². The monoisotopic (exact) mass is 809 g/mol. The van der Waals surface area contributed by atoms with E-state index in [0.29, 0.717) is 23.0 Å². The highest BCUT2D eigenvalue weighted by Crippen LogP contribution is 2.38. The molecule has 0 aliphatic carbocycles. The lowest BCUT2D eigenvalue weighted by atomic mass is 10.00. The molecule has 296 valence electrons. The van der Waals surface area contributed by atoms with E-state index in [9.17, 15) is 0 Å². The van der Waals surface area contributed by atoms with Gasteiger partial charge < -0.3 is 9.13 Å². The van der Waals surface area contributed by atoms with Crippen molar-refractivity contribution in [1.29, 1.82) is 0 Å². The highest BCUT2D eigenvalue weighted by atomic mass is 19.1. The molecule has 0 spiro atoms. The van der Waals surface area contributed by atoms with Crippen molar-refractivity contribution >= 4 is 43.6 Å². The molecule has 3 heterocycles. The maximum Gasteiger partial charge on any atom is 0.164 e. The molecule has 63 heavy (non-hydrogen) atoms. The molecule has 0 amide bonds. The van der Waals surface area contributed by atoms with E-state index < -0.39 is 0 Å². The van der Waals surface area contributed by atoms with E-state index in [2.05, 4.69) is 149 Å². The van der Waals surface area contributed by atoms with Gasteiger partial charge in [-0.1, -0.05) is 140 Å². The van der Waals surface area contributed by atoms with Crippen molar-refractivity contribution in [2.75, 3.05) is 0 Å². The molecular formula is C57H36FN5. The molecule has 0 bridgehead atoms. The molecule has 0 saturated carbocycles. The number of aromatic nitrogens is 5. The van der Waals surface area contributed by atoms with Gasteiger partial charge in [0.05, 0.1) is 22.1 Å². The van der Waals surface area contributed by atoms with Crippen molar-refractivity contribution in [2.24, 2.45) is 0 Å². The van der Waals surface area contributed by atoms with E-state index >= 15 is 4.39 Å². The van der Waals surface area contributed by atoms with Crippen LogP contribution in [0.4, 0.5) is 4.39 Å². The molecular weight excluding hydrogens is 774 g/mol. The van der Waals surface area contributed by atoms with Gasteiger partial charge in [-0.2, -0.15) is 0 Å². The van der Waals surface area contributed by atoms with Crippen molar-refractivity contribution in [1.82, 2.24) is 24.1 Å². The van der Waals surface area contributed by atoms with Crippen LogP contribution in [-0.2, 0) is 0 Å². The van der Waals surface area contributed by atoms with Crippen molar-refractivity contribution in [3.05, 3.63) is 224 Å². The number of hydrogen-bond acceptors (Lipinski definition) is 3. The highest BCUT2D eigenvalue weighted by molar-refractivity contribution is 6.11. The Balaban J connectivity index is 0.926. The molecule has 0 unspecified atom stereocenters. The number of nitrogens with zero attached hydrogens (tertiary/aromatic N) is 5. The Bertz CT molecular complexity index is 3610. The predicted octanol–water partition coefficient (Wildman–Crippen LogP) is 14.5. The Morgan fingerprint density at radius 2 is 0.667 bits per heavy atom. The van der Waals surface area contributed by atoms with Crippen LogP contribution in [0.25, 0.3) is 111 Å². The third-order valence-corrected chi connectivity index (χ3v) is 12.0. The zero-order chi connectivity index (χ0) is 41.9. The molecule has 9 aromatic carbocycles. The molecule has 12 rings (SSSR count). The normalized spacial score (nSPS) is 11.6. The summed E-state index contributed by atoms with van der Waals surface area (Å²) in [5.41, 5.74) is 13.0. The van der Waals surface area contributed by atoms with E-state index in [0.717, 1.165) is 66.6 Å². The summed E-state index contributed by atoms with van der Waals surface area (Å²) in [7, 11) is 0. The molecule has 0 atom stereocenters. The molecule has 0 radical (unpaired) electrons. The van der Waals surface area contributed by atoms with E-state index in [1.807, 2.05) is 66.7 Å². The van der Waals surface area contributed by atoms with Crippen LogP contribution in [0.5, 0.6) is 0 Å². The average Bonchev–Trinajstić information content (AvgIpc) is 3.87. The quantitative estimate of drug-likeness (QED) is 0.161. The van der Waals surface area contributed by atoms with E-state index in [-0.39, 0.29) is 5.82 Å². The van der Waals surface area contributed by atoms with E-state index in [4.69, 9.17) is 15.0 Å². The van der Waals surface area contributed by atoms with Gasteiger partial charge in [-0.15, -0.1) is 0 Å². The fourth-order valence-electron chi connectivity index (χ4n) is 9.06. The number of rotatable bonds is 7. The van der Waals surface area contributed by atoms with Crippen molar-refractivity contribution in [3.63, 3.8) is 0 Å². The maximum absolute atomic E-state index is 15.7. The summed E-state index contributed by atoms with van der Waals surface area (Å²) in [5, 5.41) is 4.65. The first-order chi connectivity index (χ1) is 31.1. The molecule has 5 nitrogen and oxygen atoms in total. The topological polar surface area (TPSA) is 48.5 Å². The van der Waals surface area contributed by atoms with Crippen LogP contribution < -0.4 is 0 Å². The van der Waals surface area contributed by atoms with E-state index in [1.165, 1.54) is 27.9 Å². The second-order valence-corrected chi connectivity index (χ2v) is 15.8. The Morgan fingerprint density at radius 3 is 1.21 bits per heavy atom. The summed E-state index contributed by atoms with van der Waals surface area (Å²) in [6, 6.07) is 74.3. The number of halogens is 1. The van der Waals surface area contributed by atoms with Crippen LogP contribution >= 0.6 is 0 Å².